The maximum Gasteiger partial charge on any atom is 0.391 e. The van der Waals surface area contributed by atoms with E-state index >= 15 is 0 Å². The van der Waals surface area contributed by atoms with Crippen LogP contribution in [-0.4, -0.2) is 12.2 Å². The van der Waals surface area contributed by atoms with Gasteiger partial charge in [-0.1, -0.05) is 31.4 Å². The molecule has 0 aliphatic carbocycles. The van der Waals surface area contributed by atoms with Gasteiger partial charge in [-0.3, -0.25) is 0 Å². The molecular formula is C13H16ClF3N2. The van der Waals surface area contributed by atoms with Gasteiger partial charge in [-0.25, -0.2) is 0 Å². The molecule has 1 rings (SSSR count). The maximum atomic E-state index is 12.4. The molecule has 1 atom stereocenters. The minimum atomic E-state index is -4.21. The molecule has 0 fully saturated rings. The first kappa shape index (κ1) is 16.0. The van der Waals surface area contributed by atoms with E-state index in [2.05, 4.69) is 10.2 Å². The largest absolute Gasteiger partial charge is 0.391 e. The lowest BCUT2D eigenvalue weighted by atomic mass is 10.1. The summed E-state index contributed by atoms with van der Waals surface area (Å²) in [4.78, 5) is 0. The van der Waals surface area contributed by atoms with Crippen molar-refractivity contribution in [2.24, 2.45) is 10.2 Å². The first-order valence-electron chi connectivity index (χ1n) is 6.14. The van der Waals surface area contributed by atoms with E-state index in [9.17, 15) is 13.2 Å². The Hall–Kier alpha value is -1.10. The molecule has 0 N–H and O–H groups in total. The van der Waals surface area contributed by atoms with Gasteiger partial charge in [0, 0.05) is 5.02 Å². The van der Waals surface area contributed by atoms with Gasteiger partial charge in [-0.05, 0) is 30.7 Å². The van der Waals surface area contributed by atoms with Gasteiger partial charge in [0.15, 0.2) is 0 Å². The Bertz CT molecular complexity index is 401. The van der Waals surface area contributed by atoms with Gasteiger partial charge < -0.3 is 0 Å². The Morgan fingerprint density at radius 2 is 1.84 bits per heavy atom. The van der Waals surface area contributed by atoms with Crippen LogP contribution in [0.15, 0.2) is 34.5 Å². The number of alkyl halides is 3. The first-order valence-corrected chi connectivity index (χ1v) is 6.51. The number of halogens is 4. The molecule has 0 radical (unpaired) electrons. The summed E-state index contributed by atoms with van der Waals surface area (Å²) in [5.74, 6) is 0. The molecule has 2 nitrogen and oxygen atoms in total. The number of nitrogens with zero attached hydrogens (tertiary/aromatic N) is 2. The molecule has 19 heavy (non-hydrogen) atoms. The highest BCUT2D eigenvalue weighted by Crippen LogP contribution is 2.26. The molecule has 0 spiro atoms. The second-order valence-corrected chi connectivity index (χ2v) is 4.74. The Morgan fingerprint density at radius 1 is 1.21 bits per heavy atom. The van der Waals surface area contributed by atoms with E-state index in [1.54, 1.807) is 24.3 Å². The van der Waals surface area contributed by atoms with Crippen LogP contribution >= 0.6 is 11.6 Å². The molecule has 0 saturated carbocycles. The molecule has 0 heterocycles. The average molecular weight is 293 g/mol. The highest BCUT2D eigenvalue weighted by molar-refractivity contribution is 6.30. The Labute approximate surface area is 115 Å². The van der Waals surface area contributed by atoms with Crippen molar-refractivity contribution >= 4 is 17.3 Å². The van der Waals surface area contributed by atoms with Crippen molar-refractivity contribution < 1.29 is 13.2 Å². The fraction of sp³-hybridized carbons (Fsp3) is 0.538. The van der Waals surface area contributed by atoms with Crippen LogP contribution in [0.25, 0.3) is 0 Å². The molecule has 1 aromatic carbocycles. The van der Waals surface area contributed by atoms with Crippen LogP contribution in [0.5, 0.6) is 0 Å². The third-order valence-corrected chi connectivity index (χ3v) is 2.77. The summed E-state index contributed by atoms with van der Waals surface area (Å²) >= 11 is 5.71. The number of rotatable bonds is 6. The second kappa shape index (κ2) is 7.48. The summed E-state index contributed by atoms with van der Waals surface area (Å²) in [5, 5.41) is 8.21. The summed E-state index contributed by atoms with van der Waals surface area (Å²) in [5.41, 5.74) is 0.507. The predicted octanol–water partition coefficient (Wildman–Crippen LogP) is 5.93. The zero-order chi connectivity index (χ0) is 14.3. The third kappa shape index (κ3) is 7.15. The van der Waals surface area contributed by atoms with Gasteiger partial charge in [-0.15, -0.1) is 0 Å². The van der Waals surface area contributed by atoms with Gasteiger partial charge in [0.1, 0.15) is 0 Å². The highest BCUT2D eigenvalue weighted by atomic mass is 35.5. The number of hydrogen-bond acceptors (Lipinski definition) is 2. The van der Waals surface area contributed by atoms with Crippen LogP contribution in [0.3, 0.4) is 0 Å². The minimum Gasteiger partial charge on any atom is -0.185 e. The topological polar surface area (TPSA) is 24.7 Å². The number of hydrogen-bond donors (Lipinski definition) is 0. The molecule has 0 aliphatic heterocycles. The average Bonchev–Trinajstić information content (AvgIpc) is 2.33. The second-order valence-electron chi connectivity index (χ2n) is 4.31. The molecule has 0 amide bonds. The fourth-order valence-corrected chi connectivity index (χ4v) is 1.69. The number of unbranched alkanes of at least 4 members (excludes halogenated alkanes) is 1. The standard InChI is InChI=1S/C13H16ClF3N2/c1-2-3-4-12(9-13(15,16)17)19-18-11-7-5-10(14)6-8-11/h5-8,12H,2-4,9H2,1H3. The molecular weight excluding hydrogens is 277 g/mol. The highest BCUT2D eigenvalue weighted by Gasteiger charge is 2.31. The molecule has 6 heteroatoms. The fourth-order valence-electron chi connectivity index (χ4n) is 1.56. The van der Waals surface area contributed by atoms with Crippen molar-refractivity contribution in [1.82, 2.24) is 0 Å². The summed E-state index contributed by atoms with van der Waals surface area (Å²) < 4.78 is 37.2. The van der Waals surface area contributed by atoms with Crippen molar-refractivity contribution in [1.29, 1.82) is 0 Å². The molecule has 0 saturated heterocycles. The number of benzene rings is 1. The van der Waals surface area contributed by atoms with Crippen LogP contribution in [0.2, 0.25) is 5.02 Å². The normalized spacial score (nSPS) is 13.9. The van der Waals surface area contributed by atoms with E-state index < -0.39 is 18.6 Å². The van der Waals surface area contributed by atoms with Crippen molar-refractivity contribution in [2.45, 2.75) is 44.8 Å². The molecule has 0 aromatic heterocycles. The van der Waals surface area contributed by atoms with Crippen LogP contribution in [0, 0.1) is 0 Å². The molecule has 0 bridgehead atoms. The summed E-state index contributed by atoms with van der Waals surface area (Å²) in [6.45, 7) is 1.93. The summed E-state index contributed by atoms with van der Waals surface area (Å²) in [6, 6.07) is 5.68. The lowest BCUT2D eigenvalue weighted by molar-refractivity contribution is -0.138. The molecule has 106 valence electrons. The third-order valence-electron chi connectivity index (χ3n) is 2.52. The van der Waals surface area contributed by atoms with Crippen LogP contribution in [-0.2, 0) is 0 Å². The van der Waals surface area contributed by atoms with Gasteiger partial charge >= 0.3 is 6.18 Å². The zero-order valence-corrected chi connectivity index (χ0v) is 11.4. The van der Waals surface area contributed by atoms with Crippen LogP contribution < -0.4 is 0 Å². The van der Waals surface area contributed by atoms with E-state index in [0.717, 1.165) is 6.42 Å². The van der Waals surface area contributed by atoms with Gasteiger partial charge in [0.2, 0.25) is 0 Å². The number of azo groups is 1. The molecule has 0 aliphatic rings. The Kier molecular flexibility index (Phi) is 6.28. The van der Waals surface area contributed by atoms with Gasteiger partial charge in [0.25, 0.3) is 0 Å². The molecule has 1 unspecified atom stereocenters. The van der Waals surface area contributed by atoms with E-state index in [4.69, 9.17) is 11.6 Å². The first-order chi connectivity index (χ1) is 8.90. The van der Waals surface area contributed by atoms with Crippen LogP contribution in [0.1, 0.15) is 32.6 Å². The summed E-state index contributed by atoms with van der Waals surface area (Å²) in [6.07, 6.45) is -3.19. The quantitative estimate of drug-likeness (QED) is 0.580. The van der Waals surface area contributed by atoms with Crippen molar-refractivity contribution in [3.63, 3.8) is 0 Å². The Morgan fingerprint density at radius 3 is 2.37 bits per heavy atom. The lowest BCUT2D eigenvalue weighted by Gasteiger charge is -2.13. The van der Waals surface area contributed by atoms with E-state index in [-0.39, 0.29) is 0 Å². The SMILES string of the molecule is CCCCC(CC(F)(F)F)N=Nc1ccc(Cl)cc1. The molecule has 1 aromatic rings. The Balaban J connectivity index is 2.67. The minimum absolute atomic E-state index is 0.396. The lowest BCUT2D eigenvalue weighted by Crippen LogP contribution is -2.17. The predicted molar refractivity (Wildman–Crippen MR) is 70.0 cm³/mol. The van der Waals surface area contributed by atoms with Crippen molar-refractivity contribution in [2.75, 3.05) is 0 Å². The van der Waals surface area contributed by atoms with E-state index in [1.807, 2.05) is 6.92 Å². The van der Waals surface area contributed by atoms with Crippen LogP contribution in [0.4, 0.5) is 18.9 Å². The van der Waals surface area contributed by atoms with E-state index in [0.29, 0.717) is 23.6 Å². The maximum absolute atomic E-state index is 12.4. The van der Waals surface area contributed by atoms with E-state index in [1.165, 1.54) is 0 Å². The smallest absolute Gasteiger partial charge is 0.185 e. The van der Waals surface area contributed by atoms with Crippen molar-refractivity contribution in [3.05, 3.63) is 29.3 Å². The monoisotopic (exact) mass is 292 g/mol. The van der Waals surface area contributed by atoms with Gasteiger partial charge in [-0.2, -0.15) is 23.4 Å². The summed E-state index contributed by atoms with van der Waals surface area (Å²) in [7, 11) is 0. The zero-order valence-electron chi connectivity index (χ0n) is 10.6. The van der Waals surface area contributed by atoms with Gasteiger partial charge in [0.05, 0.1) is 18.2 Å². The van der Waals surface area contributed by atoms with Crippen molar-refractivity contribution in [3.8, 4) is 0 Å².